The van der Waals surface area contributed by atoms with Crippen molar-refractivity contribution in [3.05, 3.63) is 64.1 Å². The molecular formula is C18H21BrN2. The van der Waals surface area contributed by atoms with Gasteiger partial charge >= 0.3 is 0 Å². The van der Waals surface area contributed by atoms with Gasteiger partial charge in [0.05, 0.1) is 0 Å². The van der Waals surface area contributed by atoms with Crippen LogP contribution in [0.5, 0.6) is 0 Å². The molecule has 2 atom stereocenters. The van der Waals surface area contributed by atoms with Crippen molar-refractivity contribution in [3.63, 3.8) is 0 Å². The normalized spacial score (nSPS) is 19.8. The first-order valence-electron chi connectivity index (χ1n) is 7.50. The summed E-state index contributed by atoms with van der Waals surface area (Å²) in [5.74, 6) is 0.637. The molecule has 1 fully saturated rings. The highest BCUT2D eigenvalue weighted by Gasteiger charge is 2.24. The second-order valence-electron chi connectivity index (χ2n) is 5.84. The lowest BCUT2D eigenvalue weighted by molar-refractivity contribution is 0.775. The van der Waals surface area contributed by atoms with Crippen LogP contribution in [-0.2, 0) is 0 Å². The van der Waals surface area contributed by atoms with Crippen LogP contribution in [0.15, 0.2) is 53.0 Å². The molecule has 1 saturated heterocycles. The molecule has 21 heavy (non-hydrogen) atoms. The maximum atomic E-state index is 5.97. The average Bonchev–Trinajstić information content (AvgIpc) is 2.97. The lowest BCUT2D eigenvalue weighted by atomic mass is 9.99. The van der Waals surface area contributed by atoms with E-state index >= 15 is 0 Å². The standard InChI is InChI=1S/C18H21BrN2/c1-13(20)17-8-7-16(11-18(17)19)21-10-9-15(12-21)14-5-3-2-4-6-14/h2-8,11,13,15H,9-10,12,20H2,1H3/t13-,15?/m1/s1. The van der Waals surface area contributed by atoms with E-state index in [4.69, 9.17) is 5.73 Å². The van der Waals surface area contributed by atoms with Gasteiger partial charge in [-0.2, -0.15) is 0 Å². The molecule has 110 valence electrons. The molecule has 2 nitrogen and oxygen atoms in total. The van der Waals surface area contributed by atoms with E-state index in [1.165, 1.54) is 17.7 Å². The summed E-state index contributed by atoms with van der Waals surface area (Å²) in [7, 11) is 0. The molecule has 0 aliphatic carbocycles. The van der Waals surface area contributed by atoms with Gasteiger partial charge in [0, 0.05) is 35.2 Å². The lowest BCUT2D eigenvalue weighted by Crippen LogP contribution is -2.19. The first kappa shape index (κ1) is 14.6. The van der Waals surface area contributed by atoms with E-state index in [0.29, 0.717) is 5.92 Å². The van der Waals surface area contributed by atoms with Crippen LogP contribution in [0.4, 0.5) is 5.69 Å². The van der Waals surface area contributed by atoms with Gasteiger partial charge in [-0.3, -0.25) is 0 Å². The Hall–Kier alpha value is -1.32. The third kappa shape index (κ3) is 3.14. The third-order valence-corrected chi connectivity index (χ3v) is 4.99. The van der Waals surface area contributed by atoms with Gasteiger partial charge in [0.2, 0.25) is 0 Å². The predicted octanol–water partition coefficient (Wildman–Crippen LogP) is 4.46. The van der Waals surface area contributed by atoms with Crippen LogP contribution in [0, 0.1) is 0 Å². The SMILES string of the molecule is C[C@@H](N)c1ccc(N2CCC(c3ccccc3)C2)cc1Br. The van der Waals surface area contributed by atoms with Crippen LogP contribution in [-0.4, -0.2) is 13.1 Å². The molecule has 0 bridgehead atoms. The van der Waals surface area contributed by atoms with Gasteiger partial charge < -0.3 is 10.6 Å². The number of benzene rings is 2. The van der Waals surface area contributed by atoms with Crippen molar-refractivity contribution in [3.8, 4) is 0 Å². The fourth-order valence-electron chi connectivity index (χ4n) is 3.07. The van der Waals surface area contributed by atoms with Gasteiger partial charge in [-0.25, -0.2) is 0 Å². The van der Waals surface area contributed by atoms with Gasteiger partial charge in [0.1, 0.15) is 0 Å². The van der Waals surface area contributed by atoms with Crippen molar-refractivity contribution < 1.29 is 0 Å². The van der Waals surface area contributed by atoms with Crippen LogP contribution in [0.2, 0.25) is 0 Å². The predicted molar refractivity (Wildman–Crippen MR) is 92.8 cm³/mol. The topological polar surface area (TPSA) is 29.3 Å². The Bertz CT molecular complexity index is 610. The van der Waals surface area contributed by atoms with E-state index < -0.39 is 0 Å². The number of nitrogens with zero attached hydrogens (tertiary/aromatic N) is 1. The Labute approximate surface area is 135 Å². The Morgan fingerprint density at radius 3 is 2.62 bits per heavy atom. The molecule has 2 aromatic rings. The quantitative estimate of drug-likeness (QED) is 0.890. The molecule has 3 heteroatoms. The van der Waals surface area contributed by atoms with Crippen molar-refractivity contribution >= 4 is 21.6 Å². The summed E-state index contributed by atoms with van der Waals surface area (Å²) in [6.45, 7) is 4.22. The maximum absolute atomic E-state index is 5.97. The van der Waals surface area contributed by atoms with E-state index in [1.807, 2.05) is 6.92 Å². The molecule has 0 amide bonds. The summed E-state index contributed by atoms with van der Waals surface area (Å²) in [6.07, 6.45) is 1.22. The highest BCUT2D eigenvalue weighted by molar-refractivity contribution is 9.10. The molecular weight excluding hydrogens is 324 g/mol. The van der Waals surface area contributed by atoms with Gasteiger partial charge in [0.25, 0.3) is 0 Å². The molecule has 1 heterocycles. The van der Waals surface area contributed by atoms with Crippen LogP contribution < -0.4 is 10.6 Å². The molecule has 0 radical (unpaired) electrons. The van der Waals surface area contributed by atoms with E-state index in [1.54, 1.807) is 0 Å². The summed E-state index contributed by atoms with van der Waals surface area (Å²) in [4.78, 5) is 2.47. The Morgan fingerprint density at radius 1 is 1.19 bits per heavy atom. The molecule has 2 N–H and O–H groups in total. The van der Waals surface area contributed by atoms with E-state index in [9.17, 15) is 0 Å². The number of hydrogen-bond acceptors (Lipinski definition) is 2. The second-order valence-corrected chi connectivity index (χ2v) is 6.69. The van der Waals surface area contributed by atoms with Crippen LogP contribution >= 0.6 is 15.9 Å². The lowest BCUT2D eigenvalue weighted by Gasteiger charge is -2.20. The average molecular weight is 345 g/mol. The third-order valence-electron chi connectivity index (χ3n) is 4.30. The van der Waals surface area contributed by atoms with Gasteiger partial charge in [-0.15, -0.1) is 0 Å². The Kier molecular flexibility index (Phi) is 4.32. The molecule has 1 aliphatic rings. The molecule has 1 unspecified atom stereocenters. The Morgan fingerprint density at radius 2 is 1.95 bits per heavy atom. The summed E-state index contributed by atoms with van der Waals surface area (Å²) >= 11 is 3.65. The summed E-state index contributed by atoms with van der Waals surface area (Å²) in [5.41, 5.74) is 9.87. The molecule has 2 aromatic carbocycles. The molecule has 0 aromatic heterocycles. The molecule has 1 aliphatic heterocycles. The zero-order valence-electron chi connectivity index (χ0n) is 12.3. The first-order chi connectivity index (χ1) is 10.1. The second kappa shape index (κ2) is 6.20. The van der Waals surface area contributed by atoms with Crippen molar-refractivity contribution in [2.45, 2.75) is 25.3 Å². The monoisotopic (exact) mass is 344 g/mol. The van der Waals surface area contributed by atoms with Crippen molar-refractivity contribution in [1.82, 2.24) is 0 Å². The molecule has 0 spiro atoms. The molecule has 3 rings (SSSR count). The number of halogens is 1. The smallest absolute Gasteiger partial charge is 0.0377 e. The first-order valence-corrected chi connectivity index (χ1v) is 8.29. The number of hydrogen-bond donors (Lipinski definition) is 1. The van der Waals surface area contributed by atoms with Crippen LogP contribution in [0.25, 0.3) is 0 Å². The van der Waals surface area contributed by atoms with E-state index in [-0.39, 0.29) is 6.04 Å². The largest absolute Gasteiger partial charge is 0.371 e. The highest BCUT2D eigenvalue weighted by atomic mass is 79.9. The van der Waals surface area contributed by atoms with E-state index in [0.717, 1.165) is 23.1 Å². The van der Waals surface area contributed by atoms with Crippen molar-refractivity contribution in [1.29, 1.82) is 0 Å². The van der Waals surface area contributed by atoms with Crippen LogP contribution in [0.1, 0.15) is 36.4 Å². The number of nitrogens with two attached hydrogens (primary N) is 1. The fourth-order valence-corrected chi connectivity index (χ4v) is 3.80. The Balaban J connectivity index is 1.76. The zero-order valence-corrected chi connectivity index (χ0v) is 13.9. The van der Waals surface area contributed by atoms with Crippen LogP contribution in [0.3, 0.4) is 0 Å². The summed E-state index contributed by atoms with van der Waals surface area (Å²) in [6, 6.07) is 17.4. The van der Waals surface area contributed by atoms with E-state index in [2.05, 4.69) is 69.4 Å². The van der Waals surface area contributed by atoms with Gasteiger partial charge in [-0.1, -0.05) is 52.3 Å². The van der Waals surface area contributed by atoms with Crippen molar-refractivity contribution in [2.24, 2.45) is 5.73 Å². The summed E-state index contributed by atoms with van der Waals surface area (Å²) < 4.78 is 1.11. The van der Waals surface area contributed by atoms with Gasteiger partial charge in [0.15, 0.2) is 0 Å². The molecule has 0 saturated carbocycles. The summed E-state index contributed by atoms with van der Waals surface area (Å²) in [5, 5.41) is 0. The minimum absolute atomic E-state index is 0.0593. The van der Waals surface area contributed by atoms with Crippen molar-refractivity contribution in [2.75, 3.05) is 18.0 Å². The van der Waals surface area contributed by atoms with Gasteiger partial charge in [-0.05, 0) is 36.6 Å². The minimum atomic E-state index is 0.0593. The highest BCUT2D eigenvalue weighted by Crippen LogP contribution is 2.33. The fraction of sp³-hybridized carbons (Fsp3) is 0.333. The number of rotatable bonds is 3. The zero-order chi connectivity index (χ0) is 14.8. The maximum Gasteiger partial charge on any atom is 0.0377 e. The number of anilines is 1. The minimum Gasteiger partial charge on any atom is -0.371 e.